The van der Waals surface area contributed by atoms with Crippen LogP contribution in [0.5, 0.6) is 0 Å². The number of fused-ring (bicyclic) bond motifs is 1. The molecule has 1 N–H and O–H groups in total. The van der Waals surface area contributed by atoms with E-state index in [0.29, 0.717) is 12.6 Å². The van der Waals surface area contributed by atoms with Crippen LogP contribution in [0.3, 0.4) is 0 Å². The van der Waals surface area contributed by atoms with Crippen LogP contribution in [0.2, 0.25) is 0 Å². The molecule has 3 aromatic rings. The van der Waals surface area contributed by atoms with Crippen molar-refractivity contribution < 1.29 is 0 Å². The first-order valence-electron chi connectivity index (χ1n) is 8.46. The molecule has 0 fully saturated rings. The topological polar surface area (TPSA) is 46.9 Å². The number of aromatic nitrogens is 2. The standard InChI is InChI=1S/C20H23N3O/c1-16(11-12-17-7-3-2-4-8-17)21-13-14-23-20(24)19-10-6-5-9-18(19)15-22-23/h2-10,15-16,21H,11-14H2,1H3. The lowest BCUT2D eigenvalue weighted by Crippen LogP contribution is -2.33. The molecule has 0 saturated heterocycles. The third-order valence-electron chi connectivity index (χ3n) is 4.29. The molecule has 3 rings (SSSR count). The van der Waals surface area contributed by atoms with Crippen molar-refractivity contribution in [2.75, 3.05) is 6.54 Å². The maximum atomic E-state index is 12.4. The Morgan fingerprint density at radius 1 is 1.08 bits per heavy atom. The van der Waals surface area contributed by atoms with Gasteiger partial charge in [-0.2, -0.15) is 5.10 Å². The highest BCUT2D eigenvalue weighted by Gasteiger charge is 2.05. The largest absolute Gasteiger partial charge is 0.312 e. The number of rotatable bonds is 7. The molecule has 0 aliphatic rings. The van der Waals surface area contributed by atoms with E-state index < -0.39 is 0 Å². The quantitative estimate of drug-likeness (QED) is 0.728. The summed E-state index contributed by atoms with van der Waals surface area (Å²) in [5.41, 5.74) is 1.34. The first-order valence-corrected chi connectivity index (χ1v) is 8.46. The summed E-state index contributed by atoms with van der Waals surface area (Å²) in [5, 5.41) is 9.36. The van der Waals surface area contributed by atoms with Gasteiger partial charge in [-0.25, -0.2) is 4.68 Å². The molecule has 0 spiro atoms. The van der Waals surface area contributed by atoms with Crippen molar-refractivity contribution >= 4 is 10.8 Å². The molecular weight excluding hydrogens is 298 g/mol. The fraction of sp³-hybridized carbons (Fsp3) is 0.300. The summed E-state index contributed by atoms with van der Waals surface area (Å²) in [6.45, 7) is 3.50. The maximum Gasteiger partial charge on any atom is 0.274 e. The molecule has 0 saturated carbocycles. The molecule has 4 heteroatoms. The Labute approximate surface area is 142 Å². The summed E-state index contributed by atoms with van der Waals surface area (Å²) >= 11 is 0. The third-order valence-corrected chi connectivity index (χ3v) is 4.29. The van der Waals surface area contributed by atoms with Gasteiger partial charge in [0.15, 0.2) is 0 Å². The smallest absolute Gasteiger partial charge is 0.274 e. The van der Waals surface area contributed by atoms with E-state index in [1.807, 2.05) is 30.3 Å². The highest BCUT2D eigenvalue weighted by Crippen LogP contribution is 2.06. The van der Waals surface area contributed by atoms with Gasteiger partial charge in [-0.1, -0.05) is 48.5 Å². The van der Waals surface area contributed by atoms with E-state index in [9.17, 15) is 4.79 Å². The lowest BCUT2D eigenvalue weighted by molar-refractivity contribution is 0.468. The van der Waals surface area contributed by atoms with Gasteiger partial charge in [0.2, 0.25) is 0 Å². The van der Waals surface area contributed by atoms with Crippen LogP contribution in [0.4, 0.5) is 0 Å². The number of hydrogen-bond acceptors (Lipinski definition) is 3. The molecule has 1 unspecified atom stereocenters. The molecule has 0 aliphatic carbocycles. The van der Waals surface area contributed by atoms with Crippen molar-refractivity contribution in [2.24, 2.45) is 0 Å². The Balaban J connectivity index is 1.51. The average molecular weight is 321 g/mol. The molecule has 1 atom stereocenters. The predicted molar refractivity (Wildman–Crippen MR) is 98.2 cm³/mol. The van der Waals surface area contributed by atoms with E-state index in [1.54, 1.807) is 10.9 Å². The van der Waals surface area contributed by atoms with Gasteiger partial charge in [-0.3, -0.25) is 4.79 Å². The van der Waals surface area contributed by atoms with E-state index in [1.165, 1.54) is 5.56 Å². The molecule has 1 aromatic heterocycles. The first-order chi connectivity index (χ1) is 11.7. The van der Waals surface area contributed by atoms with Gasteiger partial charge in [0.1, 0.15) is 0 Å². The first kappa shape index (κ1) is 16.4. The molecular formula is C20H23N3O. The zero-order valence-electron chi connectivity index (χ0n) is 14.0. The van der Waals surface area contributed by atoms with Gasteiger partial charge in [0.05, 0.1) is 18.1 Å². The summed E-state index contributed by atoms with van der Waals surface area (Å²) in [7, 11) is 0. The second-order valence-corrected chi connectivity index (χ2v) is 6.14. The number of aryl methyl sites for hydroxylation is 1. The molecule has 0 amide bonds. The number of nitrogens with zero attached hydrogens (tertiary/aromatic N) is 2. The van der Waals surface area contributed by atoms with E-state index in [-0.39, 0.29) is 5.56 Å². The predicted octanol–water partition coefficient (Wildman–Crippen LogP) is 3.01. The zero-order chi connectivity index (χ0) is 16.8. The average Bonchev–Trinajstić information content (AvgIpc) is 2.63. The number of benzene rings is 2. The fourth-order valence-electron chi connectivity index (χ4n) is 2.83. The molecule has 0 aliphatic heterocycles. The van der Waals surface area contributed by atoms with Crippen LogP contribution in [0.1, 0.15) is 18.9 Å². The second-order valence-electron chi connectivity index (χ2n) is 6.14. The summed E-state index contributed by atoms with van der Waals surface area (Å²) in [4.78, 5) is 12.4. The van der Waals surface area contributed by atoms with Crippen molar-refractivity contribution in [3.05, 3.63) is 76.7 Å². The summed E-state index contributed by atoms with van der Waals surface area (Å²) in [5.74, 6) is 0. The summed E-state index contributed by atoms with van der Waals surface area (Å²) < 4.78 is 1.54. The van der Waals surface area contributed by atoms with Crippen LogP contribution >= 0.6 is 0 Å². The van der Waals surface area contributed by atoms with Gasteiger partial charge >= 0.3 is 0 Å². The maximum absolute atomic E-state index is 12.4. The molecule has 0 bridgehead atoms. The van der Waals surface area contributed by atoms with E-state index in [2.05, 4.69) is 41.6 Å². The highest BCUT2D eigenvalue weighted by atomic mass is 16.1. The van der Waals surface area contributed by atoms with Crippen molar-refractivity contribution in [3.8, 4) is 0 Å². The number of hydrogen-bond donors (Lipinski definition) is 1. The minimum atomic E-state index is -0.0214. The third kappa shape index (κ3) is 4.09. The summed E-state index contributed by atoms with van der Waals surface area (Å²) in [6, 6.07) is 18.5. The van der Waals surface area contributed by atoms with Crippen LogP contribution in [0.15, 0.2) is 65.6 Å². The van der Waals surface area contributed by atoms with Crippen molar-refractivity contribution in [3.63, 3.8) is 0 Å². The second kappa shape index (κ2) is 7.88. The lowest BCUT2D eigenvalue weighted by Gasteiger charge is -2.14. The molecule has 2 aromatic carbocycles. The normalized spacial score (nSPS) is 12.4. The van der Waals surface area contributed by atoms with Crippen LogP contribution in [0.25, 0.3) is 10.8 Å². The molecule has 24 heavy (non-hydrogen) atoms. The molecule has 1 heterocycles. The molecule has 0 radical (unpaired) electrons. The Kier molecular flexibility index (Phi) is 5.39. The van der Waals surface area contributed by atoms with E-state index in [0.717, 1.165) is 30.2 Å². The van der Waals surface area contributed by atoms with E-state index >= 15 is 0 Å². The van der Waals surface area contributed by atoms with Gasteiger partial charge in [-0.05, 0) is 31.4 Å². The molecule has 124 valence electrons. The zero-order valence-corrected chi connectivity index (χ0v) is 14.0. The van der Waals surface area contributed by atoms with Crippen molar-refractivity contribution in [1.82, 2.24) is 15.1 Å². The van der Waals surface area contributed by atoms with Crippen molar-refractivity contribution in [2.45, 2.75) is 32.4 Å². The van der Waals surface area contributed by atoms with E-state index in [4.69, 9.17) is 0 Å². The minimum absolute atomic E-state index is 0.0214. The number of nitrogens with one attached hydrogen (secondary N) is 1. The SMILES string of the molecule is CC(CCc1ccccc1)NCCn1ncc2ccccc2c1=O. The van der Waals surface area contributed by atoms with Gasteiger partial charge in [0.25, 0.3) is 5.56 Å². The fourth-order valence-corrected chi connectivity index (χ4v) is 2.83. The van der Waals surface area contributed by atoms with Crippen LogP contribution in [-0.4, -0.2) is 22.4 Å². The van der Waals surface area contributed by atoms with Crippen LogP contribution < -0.4 is 10.9 Å². The molecule has 4 nitrogen and oxygen atoms in total. The monoisotopic (exact) mass is 321 g/mol. The Morgan fingerprint density at radius 2 is 1.83 bits per heavy atom. The minimum Gasteiger partial charge on any atom is -0.312 e. The Hall–Kier alpha value is -2.46. The lowest BCUT2D eigenvalue weighted by atomic mass is 10.1. The van der Waals surface area contributed by atoms with Crippen LogP contribution in [0, 0.1) is 0 Å². The Morgan fingerprint density at radius 3 is 2.67 bits per heavy atom. The highest BCUT2D eigenvalue weighted by molar-refractivity contribution is 5.80. The Bertz CT molecular complexity index is 842. The summed E-state index contributed by atoms with van der Waals surface area (Å²) in [6.07, 6.45) is 3.89. The van der Waals surface area contributed by atoms with Gasteiger partial charge in [-0.15, -0.1) is 0 Å². The van der Waals surface area contributed by atoms with Gasteiger partial charge in [0, 0.05) is 18.0 Å². The van der Waals surface area contributed by atoms with Crippen LogP contribution in [-0.2, 0) is 13.0 Å². The van der Waals surface area contributed by atoms with Crippen molar-refractivity contribution in [1.29, 1.82) is 0 Å². The van der Waals surface area contributed by atoms with Gasteiger partial charge < -0.3 is 5.32 Å².